The fourth-order valence-electron chi connectivity index (χ4n) is 5.85. The third-order valence-electron chi connectivity index (χ3n) is 7.51. The number of ether oxygens (including phenoxy) is 2. The molecule has 0 bridgehead atoms. The maximum absolute atomic E-state index is 13.8. The Bertz CT molecular complexity index is 1240. The van der Waals surface area contributed by atoms with Gasteiger partial charge in [-0.1, -0.05) is 25.1 Å². The van der Waals surface area contributed by atoms with Crippen LogP contribution in [0.3, 0.4) is 0 Å². The molecule has 2 aromatic rings. The van der Waals surface area contributed by atoms with E-state index in [4.69, 9.17) is 9.47 Å². The number of aliphatic hydroxyl groups is 1. The van der Waals surface area contributed by atoms with Crippen LogP contribution in [-0.4, -0.2) is 46.7 Å². The molecule has 0 radical (unpaired) electrons. The number of likely N-dealkylation sites (tertiary alicyclic amines) is 1. The van der Waals surface area contributed by atoms with Gasteiger partial charge in [-0.2, -0.15) is 0 Å². The zero-order valence-corrected chi connectivity index (χ0v) is 18.8. The molecule has 6 rings (SSSR count). The molecule has 34 heavy (non-hydrogen) atoms. The highest BCUT2D eigenvalue weighted by Gasteiger charge is 2.71. The van der Waals surface area contributed by atoms with Crippen LogP contribution in [-0.2, 0) is 32.9 Å². The molecule has 9 heteroatoms. The number of aryl methyl sites for hydroxylation is 1. The summed E-state index contributed by atoms with van der Waals surface area (Å²) < 4.78 is 10.8. The quantitative estimate of drug-likeness (QED) is 0.585. The van der Waals surface area contributed by atoms with E-state index in [0.717, 1.165) is 12.0 Å². The number of fused-ring (bicyclic) bond motifs is 5. The topological polar surface area (TPSA) is 117 Å². The Hall–Kier alpha value is -3.43. The molecule has 0 aliphatic carbocycles. The molecule has 9 nitrogen and oxygen atoms in total. The Labute approximate surface area is 196 Å². The molecule has 176 valence electrons. The normalized spacial score (nSPS) is 29.6. The number of amides is 3. The number of benzene rings is 2. The van der Waals surface area contributed by atoms with E-state index in [1.54, 1.807) is 25.1 Å². The van der Waals surface area contributed by atoms with E-state index >= 15 is 0 Å². The molecule has 3 N–H and O–H groups in total. The zero-order chi connectivity index (χ0) is 23.8. The molecule has 0 aromatic heterocycles. The molecular weight excluding hydrogens is 438 g/mol. The Balaban J connectivity index is 1.42. The van der Waals surface area contributed by atoms with Crippen LogP contribution < -0.4 is 20.1 Å². The van der Waals surface area contributed by atoms with Crippen molar-refractivity contribution < 1.29 is 29.0 Å². The molecular formula is C25H25N3O6. The van der Waals surface area contributed by atoms with Gasteiger partial charge in [-0.3, -0.25) is 24.6 Å². The van der Waals surface area contributed by atoms with Crippen LogP contribution in [0.5, 0.6) is 11.5 Å². The van der Waals surface area contributed by atoms with Gasteiger partial charge in [0.25, 0.3) is 0 Å². The second-order valence-corrected chi connectivity index (χ2v) is 9.36. The fourth-order valence-corrected chi connectivity index (χ4v) is 5.85. The van der Waals surface area contributed by atoms with E-state index in [1.807, 2.05) is 25.1 Å². The summed E-state index contributed by atoms with van der Waals surface area (Å²) in [6, 6.07) is 10.2. The Morgan fingerprint density at radius 1 is 1.09 bits per heavy atom. The van der Waals surface area contributed by atoms with Crippen LogP contribution in [0, 0.1) is 11.8 Å². The van der Waals surface area contributed by atoms with Crippen molar-refractivity contribution in [2.45, 2.75) is 44.5 Å². The monoisotopic (exact) mass is 463 g/mol. The molecule has 2 saturated heterocycles. The second-order valence-electron chi connectivity index (χ2n) is 9.36. The first-order valence-electron chi connectivity index (χ1n) is 11.5. The minimum Gasteiger partial charge on any atom is -0.454 e. The van der Waals surface area contributed by atoms with Gasteiger partial charge in [-0.15, -0.1) is 0 Å². The van der Waals surface area contributed by atoms with Gasteiger partial charge in [0.15, 0.2) is 11.5 Å². The van der Waals surface area contributed by atoms with Gasteiger partial charge in [0, 0.05) is 17.3 Å². The third-order valence-corrected chi connectivity index (χ3v) is 7.51. The highest BCUT2D eigenvalue weighted by Crippen LogP contribution is 2.53. The van der Waals surface area contributed by atoms with Crippen LogP contribution in [0.2, 0.25) is 0 Å². The van der Waals surface area contributed by atoms with Crippen molar-refractivity contribution in [3.63, 3.8) is 0 Å². The smallest absolute Gasteiger partial charge is 0.250 e. The number of nitrogens with one attached hydrogen (secondary N) is 2. The molecule has 0 unspecified atom stereocenters. The van der Waals surface area contributed by atoms with Gasteiger partial charge in [0.05, 0.1) is 24.5 Å². The number of carbonyl (C=O) groups excluding carboxylic acids is 3. The second kappa shape index (κ2) is 7.28. The maximum Gasteiger partial charge on any atom is 0.250 e. The number of hydrogen-bond acceptors (Lipinski definition) is 7. The van der Waals surface area contributed by atoms with E-state index in [0.29, 0.717) is 28.3 Å². The standard InChI is InChI=1S/C25H25N3O6/c1-3-13-4-6-16-15(8-13)25(24(32)26-16)20-19(21(27-25)12(2)29)22(30)28(23(20)31)10-14-5-7-17-18(9-14)34-11-33-17/h4-9,12,19-21,27,29H,3,10-11H2,1-2H3,(H,26,32)/t12-,19+,20-,21+,25+/m1/s1. The SMILES string of the molecule is CCc1ccc2c(c1)[C@@]1(N[C@@H]([C@@H](C)O)[C@H]3C(=O)N(Cc4ccc5c(c4)OCO5)C(=O)[C@@H]31)C(=O)N2. The Morgan fingerprint density at radius 2 is 1.85 bits per heavy atom. The van der Waals surface area contributed by atoms with Crippen molar-refractivity contribution in [2.24, 2.45) is 11.8 Å². The van der Waals surface area contributed by atoms with Crippen LogP contribution >= 0.6 is 0 Å². The van der Waals surface area contributed by atoms with Gasteiger partial charge < -0.3 is 19.9 Å². The van der Waals surface area contributed by atoms with Crippen molar-refractivity contribution in [1.82, 2.24) is 10.2 Å². The van der Waals surface area contributed by atoms with E-state index in [2.05, 4.69) is 10.6 Å². The van der Waals surface area contributed by atoms with Gasteiger partial charge >= 0.3 is 0 Å². The summed E-state index contributed by atoms with van der Waals surface area (Å²) in [7, 11) is 0. The highest BCUT2D eigenvalue weighted by atomic mass is 16.7. The highest BCUT2D eigenvalue weighted by molar-refractivity contribution is 6.15. The predicted octanol–water partition coefficient (Wildman–Crippen LogP) is 1.28. The minimum atomic E-state index is -1.41. The van der Waals surface area contributed by atoms with Crippen LogP contribution in [0.25, 0.3) is 0 Å². The maximum atomic E-state index is 13.8. The van der Waals surface area contributed by atoms with Crippen LogP contribution in [0.1, 0.15) is 30.5 Å². The Morgan fingerprint density at radius 3 is 2.62 bits per heavy atom. The van der Waals surface area contributed by atoms with E-state index < -0.39 is 41.3 Å². The van der Waals surface area contributed by atoms with Crippen molar-refractivity contribution in [2.75, 3.05) is 12.1 Å². The summed E-state index contributed by atoms with van der Waals surface area (Å²) in [5.74, 6) is -1.83. The molecule has 5 atom stereocenters. The summed E-state index contributed by atoms with van der Waals surface area (Å²) in [4.78, 5) is 42.1. The van der Waals surface area contributed by atoms with Crippen LogP contribution in [0.4, 0.5) is 5.69 Å². The van der Waals surface area contributed by atoms with E-state index in [-0.39, 0.29) is 19.2 Å². The first kappa shape index (κ1) is 21.1. The summed E-state index contributed by atoms with van der Waals surface area (Å²) in [5.41, 5.74) is 1.59. The molecule has 4 aliphatic heterocycles. The summed E-state index contributed by atoms with van der Waals surface area (Å²) in [6.45, 7) is 3.76. The lowest BCUT2D eigenvalue weighted by Crippen LogP contribution is -2.54. The Kier molecular flexibility index (Phi) is 4.53. The molecule has 2 fully saturated rings. The van der Waals surface area contributed by atoms with E-state index in [9.17, 15) is 19.5 Å². The van der Waals surface area contributed by atoms with Gasteiger partial charge in [-0.05, 0) is 42.7 Å². The molecule has 2 aromatic carbocycles. The minimum absolute atomic E-state index is 0.0490. The largest absolute Gasteiger partial charge is 0.454 e. The number of anilines is 1. The number of nitrogens with zero attached hydrogens (tertiary/aromatic N) is 1. The summed E-state index contributed by atoms with van der Waals surface area (Å²) in [5, 5.41) is 16.7. The van der Waals surface area contributed by atoms with Gasteiger partial charge in [-0.25, -0.2) is 0 Å². The lowest BCUT2D eigenvalue weighted by atomic mass is 9.76. The first-order chi connectivity index (χ1) is 16.3. The zero-order valence-electron chi connectivity index (χ0n) is 18.8. The molecule has 0 saturated carbocycles. The molecule has 3 amide bonds. The van der Waals surface area contributed by atoms with Crippen molar-refractivity contribution in [3.8, 4) is 11.5 Å². The number of rotatable bonds is 4. The average molecular weight is 463 g/mol. The average Bonchev–Trinajstić information content (AvgIpc) is 3.55. The van der Waals surface area contributed by atoms with Crippen LogP contribution in [0.15, 0.2) is 36.4 Å². The van der Waals surface area contributed by atoms with Gasteiger partial charge in [0.1, 0.15) is 5.54 Å². The lowest BCUT2D eigenvalue weighted by Gasteiger charge is -2.30. The summed E-state index contributed by atoms with van der Waals surface area (Å²) >= 11 is 0. The van der Waals surface area contributed by atoms with E-state index in [1.165, 1.54) is 4.90 Å². The first-order valence-corrected chi connectivity index (χ1v) is 11.5. The molecule has 1 spiro atoms. The van der Waals surface area contributed by atoms with Crippen molar-refractivity contribution >= 4 is 23.4 Å². The number of aliphatic hydroxyl groups excluding tert-OH is 1. The number of imide groups is 1. The molecule has 4 heterocycles. The fraction of sp³-hybridized carbons (Fsp3) is 0.400. The third kappa shape index (κ3) is 2.71. The lowest BCUT2D eigenvalue weighted by molar-refractivity contribution is -0.143. The van der Waals surface area contributed by atoms with Gasteiger partial charge in [0.2, 0.25) is 24.5 Å². The van der Waals surface area contributed by atoms with Crippen molar-refractivity contribution in [3.05, 3.63) is 53.1 Å². The number of hydrogen-bond donors (Lipinski definition) is 3. The number of carbonyl (C=O) groups is 3. The summed E-state index contributed by atoms with van der Waals surface area (Å²) in [6.07, 6.45) is -0.186. The molecule has 4 aliphatic rings. The van der Waals surface area contributed by atoms with Crippen molar-refractivity contribution in [1.29, 1.82) is 0 Å². The predicted molar refractivity (Wildman–Crippen MR) is 120 cm³/mol.